The van der Waals surface area contributed by atoms with Crippen LogP contribution in [0, 0.1) is 0 Å². The van der Waals surface area contributed by atoms with Gasteiger partial charge in [-0.2, -0.15) is 5.10 Å². The van der Waals surface area contributed by atoms with Crippen molar-refractivity contribution in [3.05, 3.63) is 71.0 Å². The highest BCUT2D eigenvalue weighted by Crippen LogP contribution is 2.25. The van der Waals surface area contributed by atoms with Crippen LogP contribution in [0.15, 0.2) is 54.7 Å². The van der Waals surface area contributed by atoms with Gasteiger partial charge in [0, 0.05) is 16.8 Å². The quantitative estimate of drug-likeness (QED) is 0.505. The SMILES string of the molecule is CCOC(=O)COc1cccc(NC(=O)c2cnn(-c3ccc(Cl)cc3)c2C(C)C)c1. The number of halogens is 1. The van der Waals surface area contributed by atoms with Crippen LogP contribution < -0.4 is 10.1 Å². The first kappa shape index (κ1) is 22.4. The molecule has 3 aromatic rings. The Hall–Kier alpha value is -3.32. The van der Waals surface area contributed by atoms with E-state index in [9.17, 15) is 9.59 Å². The van der Waals surface area contributed by atoms with Gasteiger partial charge in [0.05, 0.1) is 29.7 Å². The molecule has 1 heterocycles. The fourth-order valence-corrected chi connectivity index (χ4v) is 3.21. The third-order valence-electron chi connectivity index (χ3n) is 4.42. The summed E-state index contributed by atoms with van der Waals surface area (Å²) in [6.45, 7) is 5.83. The second-order valence-electron chi connectivity index (χ2n) is 7.06. The van der Waals surface area contributed by atoms with Gasteiger partial charge in [-0.25, -0.2) is 9.48 Å². The summed E-state index contributed by atoms with van der Waals surface area (Å²) in [6.07, 6.45) is 1.56. The van der Waals surface area contributed by atoms with Gasteiger partial charge in [0.15, 0.2) is 6.61 Å². The van der Waals surface area contributed by atoms with Crippen LogP contribution in [0.2, 0.25) is 5.02 Å². The van der Waals surface area contributed by atoms with Gasteiger partial charge in [0.25, 0.3) is 5.91 Å². The topological polar surface area (TPSA) is 82.4 Å². The van der Waals surface area contributed by atoms with Gasteiger partial charge in [-0.1, -0.05) is 31.5 Å². The Kier molecular flexibility index (Phi) is 7.31. The Morgan fingerprint density at radius 3 is 2.58 bits per heavy atom. The molecular weight excluding hydrogens is 418 g/mol. The molecule has 0 saturated heterocycles. The molecule has 0 aliphatic rings. The fourth-order valence-electron chi connectivity index (χ4n) is 3.08. The summed E-state index contributed by atoms with van der Waals surface area (Å²) in [7, 11) is 0. The lowest BCUT2D eigenvalue weighted by atomic mass is 10.0. The molecule has 0 aliphatic carbocycles. The molecule has 1 amide bonds. The van der Waals surface area contributed by atoms with E-state index >= 15 is 0 Å². The lowest BCUT2D eigenvalue weighted by molar-refractivity contribution is -0.145. The Morgan fingerprint density at radius 1 is 1.16 bits per heavy atom. The Morgan fingerprint density at radius 2 is 1.90 bits per heavy atom. The van der Waals surface area contributed by atoms with Gasteiger partial charge >= 0.3 is 5.97 Å². The number of amides is 1. The van der Waals surface area contributed by atoms with Crippen LogP contribution in [-0.2, 0) is 9.53 Å². The Labute approximate surface area is 185 Å². The van der Waals surface area contributed by atoms with Crippen LogP contribution in [0.1, 0.15) is 42.7 Å². The maximum Gasteiger partial charge on any atom is 0.344 e. The summed E-state index contributed by atoms with van der Waals surface area (Å²) in [6, 6.07) is 14.1. The van der Waals surface area contributed by atoms with E-state index in [1.165, 1.54) is 0 Å². The number of nitrogens with zero attached hydrogens (tertiary/aromatic N) is 2. The zero-order valence-corrected chi connectivity index (χ0v) is 18.3. The standard InChI is InChI=1S/C23H24ClN3O4/c1-4-30-21(28)14-31-19-7-5-6-17(12-19)26-23(29)20-13-25-27(22(20)15(2)3)18-10-8-16(24)9-11-18/h5-13,15H,4,14H2,1-3H3,(H,26,29). The normalized spacial score (nSPS) is 10.7. The number of rotatable bonds is 8. The van der Waals surface area contributed by atoms with Crippen molar-refractivity contribution in [2.24, 2.45) is 0 Å². The van der Waals surface area contributed by atoms with E-state index in [4.69, 9.17) is 21.1 Å². The molecule has 8 heteroatoms. The van der Waals surface area contributed by atoms with E-state index in [2.05, 4.69) is 10.4 Å². The van der Waals surface area contributed by atoms with Gasteiger partial charge < -0.3 is 14.8 Å². The van der Waals surface area contributed by atoms with Crippen LogP contribution >= 0.6 is 11.6 Å². The van der Waals surface area contributed by atoms with Crippen molar-refractivity contribution in [3.63, 3.8) is 0 Å². The van der Waals surface area contributed by atoms with E-state index < -0.39 is 5.97 Å². The third-order valence-corrected chi connectivity index (χ3v) is 4.68. The van der Waals surface area contributed by atoms with Crippen molar-refractivity contribution < 1.29 is 19.1 Å². The molecule has 3 rings (SSSR count). The number of anilines is 1. The number of carbonyl (C=O) groups excluding carboxylic acids is 2. The number of benzene rings is 2. The van der Waals surface area contributed by atoms with Crippen LogP contribution in [0.3, 0.4) is 0 Å². The van der Waals surface area contributed by atoms with Crippen LogP contribution in [0.5, 0.6) is 5.75 Å². The lowest BCUT2D eigenvalue weighted by Crippen LogP contribution is -2.16. The minimum Gasteiger partial charge on any atom is -0.482 e. The third kappa shape index (κ3) is 5.64. The number of ether oxygens (including phenoxy) is 2. The second kappa shape index (κ2) is 10.1. The Bertz CT molecular complexity index is 1060. The first-order chi connectivity index (χ1) is 14.9. The summed E-state index contributed by atoms with van der Waals surface area (Å²) in [5.74, 6) is -0.232. The van der Waals surface area contributed by atoms with Crippen molar-refractivity contribution >= 4 is 29.2 Å². The summed E-state index contributed by atoms with van der Waals surface area (Å²) < 4.78 is 12.0. The number of carbonyl (C=O) groups is 2. The molecule has 0 bridgehead atoms. The van der Waals surface area contributed by atoms with E-state index in [0.717, 1.165) is 11.4 Å². The highest BCUT2D eigenvalue weighted by molar-refractivity contribution is 6.30. The minimum atomic E-state index is -0.451. The van der Waals surface area contributed by atoms with E-state index in [1.807, 2.05) is 26.0 Å². The van der Waals surface area contributed by atoms with Gasteiger partial charge in [0.1, 0.15) is 5.75 Å². The smallest absolute Gasteiger partial charge is 0.344 e. The monoisotopic (exact) mass is 441 g/mol. The van der Waals surface area contributed by atoms with Crippen molar-refractivity contribution in [3.8, 4) is 11.4 Å². The highest BCUT2D eigenvalue weighted by atomic mass is 35.5. The molecule has 1 aromatic heterocycles. The van der Waals surface area contributed by atoms with E-state index in [0.29, 0.717) is 28.6 Å². The maximum absolute atomic E-state index is 13.0. The van der Waals surface area contributed by atoms with Crippen molar-refractivity contribution in [1.82, 2.24) is 9.78 Å². The molecule has 0 saturated carbocycles. The summed E-state index contributed by atoms with van der Waals surface area (Å²) in [5, 5.41) is 7.92. The number of nitrogens with one attached hydrogen (secondary N) is 1. The predicted molar refractivity (Wildman–Crippen MR) is 119 cm³/mol. The molecule has 0 aliphatic heterocycles. The molecule has 162 valence electrons. The summed E-state index contributed by atoms with van der Waals surface area (Å²) in [5.41, 5.74) is 2.62. The molecule has 0 radical (unpaired) electrons. The highest BCUT2D eigenvalue weighted by Gasteiger charge is 2.21. The van der Waals surface area contributed by atoms with Crippen molar-refractivity contribution in [2.75, 3.05) is 18.5 Å². The average molecular weight is 442 g/mol. The zero-order chi connectivity index (χ0) is 22.4. The van der Waals surface area contributed by atoms with Crippen LogP contribution in [0.4, 0.5) is 5.69 Å². The minimum absolute atomic E-state index is 0.0539. The number of aromatic nitrogens is 2. The maximum atomic E-state index is 13.0. The largest absolute Gasteiger partial charge is 0.482 e. The molecule has 2 aromatic carbocycles. The predicted octanol–water partition coefficient (Wildman–Crippen LogP) is 4.84. The van der Waals surface area contributed by atoms with Crippen molar-refractivity contribution in [2.45, 2.75) is 26.7 Å². The van der Waals surface area contributed by atoms with Gasteiger partial charge in [-0.3, -0.25) is 4.79 Å². The molecular formula is C23H24ClN3O4. The number of hydrogen-bond acceptors (Lipinski definition) is 5. The fraction of sp³-hybridized carbons (Fsp3) is 0.261. The lowest BCUT2D eigenvalue weighted by Gasteiger charge is -2.13. The van der Waals surface area contributed by atoms with Gasteiger partial charge in [-0.15, -0.1) is 0 Å². The van der Waals surface area contributed by atoms with Gasteiger partial charge in [0.2, 0.25) is 0 Å². The molecule has 0 spiro atoms. The first-order valence-corrected chi connectivity index (χ1v) is 10.3. The van der Waals surface area contributed by atoms with Crippen molar-refractivity contribution in [1.29, 1.82) is 0 Å². The molecule has 0 atom stereocenters. The number of hydrogen-bond donors (Lipinski definition) is 1. The average Bonchev–Trinajstić information content (AvgIpc) is 3.19. The molecule has 1 N–H and O–H groups in total. The van der Waals surface area contributed by atoms with Crippen LogP contribution in [0.25, 0.3) is 5.69 Å². The molecule has 31 heavy (non-hydrogen) atoms. The van der Waals surface area contributed by atoms with E-state index in [-0.39, 0.29) is 18.4 Å². The number of esters is 1. The van der Waals surface area contributed by atoms with E-state index in [1.54, 1.807) is 54.2 Å². The summed E-state index contributed by atoms with van der Waals surface area (Å²) >= 11 is 5.99. The first-order valence-electron chi connectivity index (χ1n) is 9.92. The van der Waals surface area contributed by atoms with Crippen LogP contribution in [-0.4, -0.2) is 34.9 Å². The zero-order valence-electron chi connectivity index (χ0n) is 17.6. The molecule has 0 unspecified atom stereocenters. The Balaban J connectivity index is 1.78. The van der Waals surface area contributed by atoms with Gasteiger partial charge in [-0.05, 0) is 49.2 Å². The summed E-state index contributed by atoms with van der Waals surface area (Å²) in [4.78, 5) is 24.5. The molecule has 7 nitrogen and oxygen atoms in total. The molecule has 0 fully saturated rings. The second-order valence-corrected chi connectivity index (χ2v) is 7.50.